The molecule has 0 unspecified atom stereocenters. The molecule has 0 aliphatic carbocycles. The van der Waals surface area contributed by atoms with Gasteiger partial charge in [-0.2, -0.15) is 0 Å². The Morgan fingerprint density at radius 2 is 1.85 bits per heavy atom. The Kier molecular flexibility index (Phi) is 4.58. The molecule has 2 amide bonds. The first-order chi connectivity index (χ1) is 13.0. The number of fused-ring (bicyclic) bond motifs is 2. The van der Waals surface area contributed by atoms with E-state index >= 15 is 0 Å². The van der Waals surface area contributed by atoms with Crippen molar-refractivity contribution in [1.29, 1.82) is 0 Å². The number of benzene rings is 2. The zero-order valence-electron chi connectivity index (χ0n) is 15.3. The number of nitrogens with one attached hydrogen (secondary N) is 2. The van der Waals surface area contributed by atoms with Gasteiger partial charge in [-0.1, -0.05) is 30.3 Å². The van der Waals surface area contributed by atoms with E-state index in [4.69, 9.17) is 4.74 Å². The summed E-state index contributed by atoms with van der Waals surface area (Å²) in [5.74, 6) is -0.0686. The first kappa shape index (κ1) is 17.5. The van der Waals surface area contributed by atoms with E-state index in [-0.39, 0.29) is 12.0 Å². The van der Waals surface area contributed by atoms with E-state index in [1.165, 1.54) is 12.5 Å². The number of piperidine rings is 1. The molecule has 0 radical (unpaired) electrons. The topological polar surface area (TPSA) is 70.7 Å². The van der Waals surface area contributed by atoms with Gasteiger partial charge in [0.1, 0.15) is 5.60 Å². The fourth-order valence-corrected chi connectivity index (χ4v) is 3.96. The Labute approximate surface area is 158 Å². The zero-order chi connectivity index (χ0) is 18.9. The van der Waals surface area contributed by atoms with Crippen molar-refractivity contribution >= 4 is 23.4 Å². The standard InChI is InChI=1S/C21H23N3O3/c1-15(25)22-17-8-6-16(7-9-17)14-24-12-10-21(11-13-24)18-4-2-3-5-19(18)23-20(26)27-21/h2-9H,10-14H2,1H3,(H,22,25)(H,23,26). The fraction of sp³-hybridized carbons (Fsp3) is 0.333. The number of carbonyl (C=O) groups excluding carboxylic acids is 2. The molecular formula is C21H23N3O3. The molecule has 2 N–H and O–H groups in total. The van der Waals surface area contributed by atoms with E-state index in [0.717, 1.165) is 49.4 Å². The van der Waals surface area contributed by atoms with Gasteiger partial charge in [0.05, 0.1) is 5.69 Å². The molecule has 2 aliphatic heterocycles. The molecule has 2 aromatic carbocycles. The third-order valence-electron chi connectivity index (χ3n) is 5.29. The van der Waals surface area contributed by atoms with E-state index in [1.807, 2.05) is 48.5 Å². The first-order valence-corrected chi connectivity index (χ1v) is 9.22. The predicted octanol–water partition coefficient (Wildman–Crippen LogP) is 3.70. The van der Waals surface area contributed by atoms with E-state index < -0.39 is 5.60 Å². The summed E-state index contributed by atoms with van der Waals surface area (Å²) in [4.78, 5) is 25.5. The molecule has 140 valence electrons. The van der Waals surface area contributed by atoms with Crippen molar-refractivity contribution in [2.24, 2.45) is 0 Å². The highest BCUT2D eigenvalue weighted by Crippen LogP contribution is 2.43. The highest BCUT2D eigenvalue weighted by atomic mass is 16.6. The van der Waals surface area contributed by atoms with Crippen LogP contribution in [0.25, 0.3) is 0 Å². The van der Waals surface area contributed by atoms with Crippen LogP contribution in [0, 0.1) is 0 Å². The van der Waals surface area contributed by atoms with Crippen LogP contribution in [0.1, 0.15) is 30.9 Å². The molecule has 0 atom stereocenters. The van der Waals surface area contributed by atoms with E-state index in [1.54, 1.807) is 0 Å². The normalized spacial score (nSPS) is 18.3. The second-order valence-electron chi connectivity index (χ2n) is 7.21. The number of ether oxygens (including phenoxy) is 1. The average molecular weight is 365 g/mol. The third-order valence-corrected chi connectivity index (χ3v) is 5.29. The van der Waals surface area contributed by atoms with E-state index in [0.29, 0.717) is 0 Å². The van der Waals surface area contributed by atoms with Gasteiger partial charge in [0.2, 0.25) is 5.91 Å². The molecule has 0 bridgehead atoms. The highest BCUT2D eigenvalue weighted by molar-refractivity contribution is 5.89. The number of hydrogen-bond donors (Lipinski definition) is 2. The summed E-state index contributed by atoms with van der Waals surface area (Å²) in [5, 5.41) is 5.58. The van der Waals surface area contributed by atoms with Crippen molar-refractivity contribution in [2.75, 3.05) is 23.7 Å². The Morgan fingerprint density at radius 3 is 2.56 bits per heavy atom. The van der Waals surface area contributed by atoms with Gasteiger partial charge in [-0.05, 0) is 23.8 Å². The van der Waals surface area contributed by atoms with Gasteiger partial charge < -0.3 is 10.1 Å². The van der Waals surface area contributed by atoms with Gasteiger partial charge in [-0.15, -0.1) is 0 Å². The Hall–Kier alpha value is -2.86. The molecule has 1 spiro atoms. The lowest BCUT2D eigenvalue weighted by Crippen LogP contribution is -2.48. The second-order valence-corrected chi connectivity index (χ2v) is 7.21. The van der Waals surface area contributed by atoms with Gasteiger partial charge >= 0.3 is 6.09 Å². The van der Waals surface area contributed by atoms with Crippen LogP contribution in [0.5, 0.6) is 0 Å². The SMILES string of the molecule is CC(=O)Nc1ccc(CN2CCC3(CC2)OC(=O)Nc2ccccc23)cc1. The summed E-state index contributed by atoms with van der Waals surface area (Å²) in [5.41, 5.74) is 3.41. The number of para-hydroxylation sites is 1. The highest BCUT2D eigenvalue weighted by Gasteiger charge is 2.44. The monoisotopic (exact) mass is 365 g/mol. The maximum absolute atomic E-state index is 12.0. The zero-order valence-corrected chi connectivity index (χ0v) is 15.3. The lowest BCUT2D eigenvalue weighted by Gasteiger charge is -2.44. The number of nitrogens with zero attached hydrogens (tertiary/aromatic N) is 1. The molecule has 2 aliphatic rings. The second kappa shape index (κ2) is 7.04. The van der Waals surface area contributed by atoms with Crippen LogP contribution in [0.3, 0.4) is 0 Å². The summed E-state index contributed by atoms with van der Waals surface area (Å²) in [6.07, 6.45) is 1.19. The van der Waals surface area contributed by atoms with Crippen LogP contribution >= 0.6 is 0 Å². The summed E-state index contributed by atoms with van der Waals surface area (Å²) in [6, 6.07) is 15.8. The number of anilines is 2. The number of likely N-dealkylation sites (tertiary alicyclic amines) is 1. The smallest absolute Gasteiger partial charge is 0.412 e. The molecule has 4 rings (SSSR count). The quantitative estimate of drug-likeness (QED) is 0.870. The largest absolute Gasteiger partial charge is 0.438 e. The lowest BCUT2D eigenvalue weighted by atomic mass is 9.82. The first-order valence-electron chi connectivity index (χ1n) is 9.22. The molecular weight excluding hydrogens is 342 g/mol. The average Bonchev–Trinajstić information content (AvgIpc) is 2.65. The Bertz CT molecular complexity index is 855. The summed E-state index contributed by atoms with van der Waals surface area (Å²) < 4.78 is 5.78. The van der Waals surface area contributed by atoms with Gasteiger partial charge in [0.25, 0.3) is 0 Å². The van der Waals surface area contributed by atoms with Crippen molar-refractivity contribution in [1.82, 2.24) is 4.90 Å². The maximum Gasteiger partial charge on any atom is 0.412 e. The summed E-state index contributed by atoms with van der Waals surface area (Å²) in [6.45, 7) is 4.05. The number of hydrogen-bond acceptors (Lipinski definition) is 4. The maximum atomic E-state index is 12.0. The van der Waals surface area contributed by atoms with E-state index in [2.05, 4.69) is 15.5 Å². The van der Waals surface area contributed by atoms with Crippen LogP contribution in [0.4, 0.5) is 16.2 Å². The number of carbonyl (C=O) groups is 2. The predicted molar refractivity (Wildman–Crippen MR) is 103 cm³/mol. The summed E-state index contributed by atoms with van der Waals surface area (Å²) >= 11 is 0. The Balaban J connectivity index is 1.42. The molecule has 1 saturated heterocycles. The number of rotatable bonds is 3. The molecule has 1 fully saturated rings. The lowest BCUT2D eigenvalue weighted by molar-refractivity contribution is -0.114. The minimum Gasteiger partial charge on any atom is -0.438 e. The molecule has 0 aromatic heterocycles. The van der Waals surface area contributed by atoms with Crippen molar-refractivity contribution < 1.29 is 14.3 Å². The van der Waals surface area contributed by atoms with Crippen LogP contribution in [-0.4, -0.2) is 30.0 Å². The van der Waals surface area contributed by atoms with Gasteiger partial charge in [0.15, 0.2) is 0 Å². The molecule has 6 nitrogen and oxygen atoms in total. The van der Waals surface area contributed by atoms with Gasteiger partial charge in [-0.25, -0.2) is 4.79 Å². The van der Waals surface area contributed by atoms with Crippen molar-refractivity contribution in [2.45, 2.75) is 31.9 Å². The van der Waals surface area contributed by atoms with Crippen molar-refractivity contribution in [3.8, 4) is 0 Å². The molecule has 27 heavy (non-hydrogen) atoms. The van der Waals surface area contributed by atoms with Gasteiger partial charge in [0, 0.05) is 50.7 Å². The van der Waals surface area contributed by atoms with Crippen molar-refractivity contribution in [3.05, 3.63) is 59.7 Å². The van der Waals surface area contributed by atoms with Crippen LogP contribution in [-0.2, 0) is 21.7 Å². The molecule has 2 heterocycles. The number of amides is 2. The van der Waals surface area contributed by atoms with Crippen LogP contribution in [0.15, 0.2) is 48.5 Å². The fourth-order valence-electron chi connectivity index (χ4n) is 3.96. The molecule has 2 aromatic rings. The minimum atomic E-state index is -0.523. The third kappa shape index (κ3) is 3.66. The van der Waals surface area contributed by atoms with Crippen LogP contribution < -0.4 is 10.6 Å². The minimum absolute atomic E-state index is 0.0686. The Morgan fingerprint density at radius 1 is 1.15 bits per heavy atom. The molecule has 0 saturated carbocycles. The molecule has 6 heteroatoms. The van der Waals surface area contributed by atoms with Crippen molar-refractivity contribution in [3.63, 3.8) is 0 Å². The van der Waals surface area contributed by atoms with E-state index in [9.17, 15) is 9.59 Å². The summed E-state index contributed by atoms with van der Waals surface area (Å²) in [7, 11) is 0. The van der Waals surface area contributed by atoms with Crippen LogP contribution in [0.2, 0.25) is 0 Å². The van der Waals surface area contributed by atoms with Gasteiger partial charge in [-0.3, -0.25) is 15.0 Å².